The van der Waals surface area contributed by atoms with Crippen molar-refractivity contribution in [2.75, 3.05) is 26.8 Å². The SMILES string of the molecule is CN(CCC#N)C(=O)CCOc1ccccc1CCO. The third kappa shape index (κ3) is 5.29. The van der Waals surface area contributed by atoms with Crippen LogP contribution in [0.15, 0.2) is 24.3 Å². The Hall–Kier alpha value is -2.06. The number of carbonyl (C=O) groups is 1. The van der Waals surface area contributed by atoms with Gasteiger partial charge in [0.2, 0.25) is 5.91 Å². The molecular weight excluding hydrogens is 256 g/mol. The molecule has 0 radical (unpaired) electrons. The molecule has 0 saturated heterocycles. The maximum absolute atomic E-state index is 11.7. The van der Waals surface area contributed by atoms with Crippen molar-refractivity contribution in [3.63, 3.8) is 0 Å². The van der Waals surface area contributed by atoms with Crippen LogP contribution in [0.2, 0.25) is 0 Å². The van der Waals surface area contributed by atoms with E-state index in [0.717, 1.165) is 5.56 Å². The second-order valence-electron chi connectivity index (χ2n) is 4.40. The standard InChI is InChI=1S/C15H20N2O3/c1-17(10-4-9-16)15(19)8-12-20-14-6-3-2-5-13(14)7-11-18/h2-3,5-6,18H,4,7-8,10-12H2,1H3. The van der Waals surface area contributed by atoms with Crippen molar-refractivity contribution in [2.24, 2.45) is 0 Å². The second kappa shape index (κ2) is 8.94. The van der Waals surface area contributed by atoms with Crippen molar-refractivity contribution in [3.05, 3.63) is 29.8 Å². The number of aliphatic hydroxyl groups excluding tert-OH is 1. The molecule has 0 aromatic heterocycles. The number of ether oxygens (including phenoxy) is 1. The van der Waals surface area contributed by atoms with Crippen molar-refractivity contribution >= 4 is 5.91 Å². The van der Waals surface area contributed by atoms with Crippen LogP contribution in [0, 0.1) is 11.3 Å². The molecule has 0 fully saturated rings. The van der Waals surface area contributed by atoms with Gasteiger partial charge in [-0.3, -0.25) is 4.79 Å². The van der Waals surface area contributed by atoms with E-state index in [0.29, 0.717) is 25.1 Å². The summed E-state index contributed by atoms with van der Waals surface area (Å²) in [6.07, 6.45) is 1.14. The van der Waals surface area contributed by atoms with Gasteiger partial charge in [0, 0.05) is 20.2 Å². The number of amides is 1. The molecule has 108 valence electrons. The Labute approximate surface area is 119 Å². The minimum absolute atomic E-state index is 0.0418. The first-order chi connectivity index (χ1) is 9.69. The van der Waals surface area contributed by atoms with Gasteiger partial charge in [-0.15, -0.1) is 0 Å². The Balaban J connectivity index is 2.41. The van der Waals surface area contributed by atoms with Crippen LogP contribution in [-0.2, 0) is 11.2 Å². The molecule has 0 bridgehead atoms. The number of rotatable bonds is 8. The van der Waals surface area contributed by atoms with E-state index >= 15 is 0 Å². The molecule has 1 amide bonds. The average molecular weight is 276 g/mol. The van der Waals surface area contributed by atoms with Crippen LogP contribution >= 0.6 is 0 Å². The summed E-state index contributed by atoms with van der Waals surface area (Å²) < 4.78 is 5.59. The van der Waals surface area contributed by atoms with Crippen LogP contribution in [0.5, 0.6) is 5.75 Å². The molecule has 1 aromatic rings. The van der Waals surface area contributed by atoms with E-state index in [-0.39, 0.29) is 25.5 Å². The van der Waals surface area contributed by atoms with Crippen molar-refractivity contribution in [3.8, 4) is 11.8 Å². The first-order valence-electron chi connectivity index (χ1n) is 6.61. The first-order valence-corrected chi connectivity index (χ1v) is 6.61. The van der Waals surface area contributed by atoms with Gasteiger partial charge in [-0.1, -0.05) is 18.2 Å². The van der Waals surface area contributed by atoms with E-state index in [2.05, 4.69) is 0 Å². The largest absolute Gasteiger partial charge is 0.493 e. The summed E-state index contributed by atoms with van der Waals surface area (Å²) in [6, 6.07) is 9.48. The predicted molar refractivity (Wildman–Crippen MR) is 75.2 cm³/mol. The molecule has 20 heavy (non-hydrogen) atoms. The number of nitrogens with zero attached hydrogens (tertiary/aromatic N) is 2. The maximum Gasteiger partial charge on any atom is 0.225 e. The molecule has 0 atom stereocenters. The molecule has 0 heterocycles. The van der Waals surface area contributed by atoms with E-state index in [1.165, 1.54) is 4.90 Å². The van der Waals surface area contributed by atoms with E-state index in [1.807, 2.05) is 30.3 Å². The van der Waals surface area contributed by atoms with Crippen LogP contribution in [0.25, 0.3) is 0 Å². The van der Waals surface area contributed by atoms with Gasteiger partial charge in [0.15, 0.2) is 0 Å². The lowest BCUT2D eigenvalue weighted by molar-refractivity contribution is -0.130. The fourth-order valence-electron chi connectivity index (χ4n) is 1.75. The molecule has 1 aromatic carbocycles. The summed E-state index contributed by atoms with van der Waals surface area (Å²) in [5, 5.41) is 17.4. The van der Waals surface area contributed by atoms with Crippen LogP contribution in [0.1, 0.15) is 18.4 Å². The van der Waals surface area contributed by atoms with Crippen molar-refractivity contribution < 1.29 is 14.6 Å². The number of hydrogen-bond acceptors (Lipinski definition) is 4. The summed E-state index contributed by atoms with van der Waals surface area (Å²) in [7, 11) is 1.68. The lowest BCUT2D eigenvalue weighted by atomic mass is 10.1. The fraction of sp³-hybridized carbons (Fsp3) is 0.467. The van der Waals surface area contributed by atoms with Gasteiger partial charge in [0.05, 0.1) is 25.5 Å². The van der Waals surface area contributed by atoms with Gasteiger partial charge in [-0.05, 0) is 18.1 Å². The van der Waals surface area contributed by atoms with Gasteiger partial charge in [0.1, 0.15) is 5.75 Å². The summed E-state index contributed by atoms with van der Waals surface area (Å²) in [5.74, 6) is 0.661. The van der Waals surface area contributed by atoms with E-state index in [4.69, 9.17) is 15.1 Å². The molecular formula is C15H20N2O3. The lowest BCUT2D eigenvalue weighted by Gasteiger charge is -2.16. The number of nitriles is 1. The Morgan fingerprint density at radius 2 is 2.20 bits per heavy atom. The molecule has 0 unspecified atom stereocenters. The summed E-state index contributed by atoms with van der Waals surface area (Å²) in [6.45, 7) is 0.796. The Morgan fingerprint density at radius 1 is 1.45 bits per heavy atom. The lowest BCUT2D eigenvalue weighted by Crippen LogP contribution is -2.28. The highest BCUT2D eigenvalue weighted by Crippen LogP contribution is 2.18. The van der Waals surface area contributed by atoms with Crippen molar-refractivity contribution in [1.29, 1.82) is 5.26 Å². The molecule has 1 N–H and O–H groups in total. The van der Waals surface area contributed by atoms with Crippen molar-refractivity contribution in [1.82, 2.24) is 4.90 Å². The molecule has 5 heteroatoms. The zero-order valence-corrected chi connectivity index (χ0v) is 11.7. The molecule has 0 aliphatic rings. The highest BCUT2D eigenvalue weighted by atomic mass is 16.5. The monoisotopic (exact) mass is 276 g/mol. The number of hydrogen-bond donors (Lipinski definition) is 1. The van der Waals surface area contributed by atoms with E-state index < -0.39 is 0 Å². The van der Waals surface area contributed by atoms with Crippen LogP contribution < -0.4 is 4.74 Å². The Kier molecular flexibility index (Phi) is 7.15. The predicted octanol–water partition coefficient (Wildman–Crippen LogP) is 1.36. The molecule has 0 aliphatic carbocycles. The number of benzene rings is 1. The fourth-order valence-corrected chi connectivity index (χ4v) is 1.75. The zero-order chi connectivity index (χ0) is 14.8. The minimum atomic E-state index is -0.0418. The molecule has 5 nitrogen and oxygen atoms in total. The molecule has 0 spiro atoms. The highest BCUT2D eigenvalue weighted by Gasteiger charge is 2.09. The Morgan fingerprint density at radius 3 is 2.90 bits per heavy atom. The van der Waals surface area contributed by atoms with Gasteiger partial charge in [0.25, 0.3) is 0 Å². The quantitative estimate of drug-likeness (QED) is 0.778. The normalized spacial score (nSPS) is 9.85. The van der Waals surface area contributed by atoms with Crippen LogP contribution in [0.3, 0.4) is 0 Å². The molecule has 0 saturated carbocycles. The third-order valence-corrected chi connectivity index (χ3v) is 2.91. The van der Waals surface area contributed by atoms with Gasteiger partial charge >= 0.3 is 0 Å². The topological polar surface area (TPSA) is 73.6 Å². The van der Waals surface area contributed by atoms with Crippen LogP contribution in [-0.4, -0.2) is 42.7 Å². The smallest absolute Gasteiger partial charge is 0.225 e. The molecule has 0 aliphatic heterocycles. The zero-order valence-electron chi connectivity index (χ0n) is 11.7. The third-order valence-electron chi connectivity index (χ3n) is 2.91. The summed E-state index contributed by atoms with van der Waals surface area (Å²) in [5.41, 5.74) is 0.931. The van der Waals surface area contributed by atoms with Crippen molar-refractivity contribution in [2.45, 2.75) is 19.3 Å². The highest BCUT2D eigenvalue weighted by molar-refractivity contribution is 5.76. The van der Waals surface area contributed by atoms with E-state index in [1.54, 1.807) is 7.05 Å². The summed E-state index contributed by atoms with van der Waals surface area (Å²) >= 11 is 0. The maximum atomic E-state index is 11.7. The molecule has 1 rings (SSSR count). The minimum Gasteiger partial charge on any atom is -0.493 e. The Bertz CT molecular complexity index is 468. The first kappa shape index (κ1) is 16.0. The number of carbonyl (C=O) groups excluding carboxylic acids is 1. The van der Waals surface area contributed by atoms with Gasteiger partial charge < -0.3 is 14.7 Å². The van der Waals surface area contributed by atoms with Gasteiger partial charge in [-0.25, -0.2) is 0 Å². The summed E-state index contributed by atoms with van der Waals surface area (Å²) in [4.78, 5) is 13.3. The average Bonchev–Trinajstić information content (AvgIpc) is 2.46. The second-order valence-corrected chi connectivity index (χ2v) is 4.40. The number of para-hydroxylation sites is 1. The van der Waals surface area contributed by atoms with Crippen LogP contribution in [0.4, 0.5) is 0 Å². The van der Waals surface area contributed by atoms with E-state index in [9.17, 15) is 4.79 Å². The van der Waals surface area contributed by atoms with Gasteiger partial charge in [-0.2, -0.15) is 5.26 Å². The number of aliphatic hydroxyl groups is 1.